The quantitative estimate of drug-likeness (QED) is 0.759. The number of nitriles is 1. The Hall–Kier alpha value is -2.91. The summed E-state index contributed by atoms with van der Waals surface area (Å²) < 4.78 is 13.7. The summed E-state index contributed by atoms with van der Waals surface area (Å²) in [6, 6.07) is 14.9. The molecule has 24 heavy (non-hydrogen) atoms. The first kappa shape index (κ1) is 17.4. The molecule has 6 heteroatoms. The SMILES string of the molecule is N#Cc1ccc(CNC(=O)NCC(O)Cc2ccccc2)c(F)c1. The summed E-state index contributed by atoms with van der Waals surface area (Å²) in [5.74, 6) is -0.543. The van der Waals surface area contributed by atoms with Gasteiger partial charge in [-0.25, -0.2) is 9.18 Å². The van der Waals surface area contributed by atoms with E-state index >= 15 is 0 Å². The molecule has 124 valence electrons. The van der Waals surface area contributed by atoms with Crippen LogP contribution in [-0.2, 0) is 13.0 Å². The molecule has 0 spiro atoms. The molecule has 2 aromatic carbocycles. The van der Waals surface area contributed by atoms with Crippen molar-refractivity contribution in [1.82, 2.24) is 10.6 Å². The number of rotatable bonds is 6. The number of carbonyl (C=O) groups is 1. The van der Waals surface area contributed by atoms with E-state index < -0.39 is 18.0 Å². The first-order valence-corrected chi connectivity index (χ1v) is 7.50. The molecule has 2 rings (SSSR count). The van der Waals surface area contributed by atoms with E-state index in [2.05, 4.69) is 10.6 Å². The second-order valence-electron chi connectivity index (χ2n) is 5.33. The molecule has 0 aliphatic heterocycles. The van der Waals surface area contributed by atoms with Gasteiger partial charge in [0.25, 0.3) is 0 Å². The van der Waals surface area contributed by atoms with E-state index in [-0.39, 0.29) is 24.2 Å². The molecule has 0 bridgehead atoms. The Kier molecular flexibility index (Phi) is 6.29. The Morgan fingerprint density at radius 2 is 1.96 bits per heavy atom. The third kappa shape index (κ3) is 5.38. The lowest BCUT2D eigenvalue weighted by Crippen LogP contribution is -2.40. The number of hydrogen-bond acceptors (Lipinski definition) is 3. The van der Waals surface area contributed by atoms with Crippen LogP contribution in [0, 0.1) is 17.1 Å². The Morgan fingerprint density at radius 1 is 1.21 bits per heavy atom. The third-order valence-electron chi connectivity index (χ3n) is 3.43. The van der Waals surface area contributed by atoms with Gasteiger partial charge >= 0.3 is 6.03 Å². The summed E-state index contributed by atoms with van der Waals surface area (Å²) in [6.45, 7) is 0.0920. The molecule has 3 N–H and O–H groups in total. The highest BCUT2D eigenvalue weighted by Gasteiger charge is 2.09. The number of carbonyl (C=O) groups excluding carboxylic acids is 1. The number of aliphatic hydroxyl groups is 1. The van der Waals surface area contributed by atoms with E-state index in [1.807, 2.05) is 36.4 Å². The molecule has 2 amide bonds. The van der Waals surface area contributed by atoms with E-state index in [0.29, 0.717) is 6.42 Å². The van der Waals surface area contributed by atoms with Crippen molar-refractivity contribution in [1.29, 1.82) is 5.26 Å². The largest absolute Gasteiger partial charge is 0.391 e. The van der Waals surface area contributed by atoms with Crippen molar-refractivity contribution in [3.63, 3.8) is 0 Å². The Morgan fingerprint density at radius 3 is 2.62 bits per heavy atom. The van der Waals surface area contributed by atoms with Crippen molar-refractivity contribution in [3.8, 4) is 6.07 Å². The molecule has 0 aliphatic rings. The predicted octanol–water partition coefficient (Wildman–Crippen LogP) is 2.10. The van der Waals surface area contributed by atoms with Gasteiger partial charge in [-0.15, -0.1) is 0 Å². The maximum atomic E-state index is 13.7. The van der Waals surface area contributed by atoms with Gasteiger partial charge in [0.05, 0.1) is 17.7 Å². The molecule has 0 fully saturated rings. The number of benzene rings is 2. The second-order valence-corrected chi connectivity index (χ2v) is 5.33. The number of aliphatic hydroxyl groups excluding tert-OH is 1. The molecule has 0 aliphatic carbocycles. The van der Waals surface area contributed by atoms with Crippen molar-refractivity contribution in [2.24, 2.45) is 0 Å². The van der Waals surface area contributed by atoms with Crippen LogP contribution in [0.25, 0.3) is 0 Å². The zero-order valence-corrected chi connectivity index (χ0v) is 13.0. The predicted molar refractivity (Wildman–Crippen MR) is 87.5 cm³/mol. The van der Waals surface area contributed by atoms with E-state index in [0.717, 1.165) is 11.6 Å². The van der Waals surface area contributed by atoms with Crippen LogP contribution in [0.5, 0.6) is 0 Å². The van der Waals surface area contributed by atoms with Crippen LogP contribution >= 0.6 is 0 Å². The number of nitrogens with one attached hydrogen (secondary N) is 2. The van der Waals surface area contributed by atoms with Gasteiger partial charge in [-0.2, -0.15) is 5.26 Å². The highest BCUT2D eigenvalue weighted by Crippen LogP contribution is 2.09. The highest BCUT2D eigenvalue weighted by molar-refractivity contribution is 5.73. The summed E-state index contributed by atoms with van der Waals surface area (Å²) in [6.07, 6.45) is -0.268. The molecule has 0 saturated heterocycles. The van der Waals surface area contributed by atoms with E-state index in [9.17, 15) is 14.3 Å². The van der Waals surface area contributed by atoms with Gasteiger partial charge in [-0.05, 0) is 17.7 Å². The maximum absolute atomic E-state index is 13.7. The summed E-state index contributed by atoms with van der Waals surface area (Å²) in [4.78, 5) is 11.7. The topological polar surface area (TPSA) is 85.2 Å². The Bertz CT molecular complexity index is 729. The number of nitrogens with zero attached hydrogens (tertiary/aromatic N) is 1. The summed E-state index contributed by atoms with van der Waals surface area (Å²) in [5, 5.41) is 23.6. The van der Waals surface area contributed by atoms with Crippen LogP contribution in [0.1, 0.15) is 16.7 Å². The molecular weight excluding hydrogens is 309 g/mol. The number of halogens is 1. The van der Waals surface area contributed by atoms with E-state index in [1.54, 1.807) is 0 Å². The molecule has 0 saturated carbocycles. The zero-order valence-electron chi connectivity index (χ0n) is 13.0. The van der Waals surface area contributed by atoms with Gasteiger partial charge in [-0.3, -0.25) is 0 Å². The van der Waals surface area contributed by atoms with Gasteiger partial charge in [0.1, 0.15) is 5.82 Å². The van der Waals surface area contributed by atoms with Crippen LogP contribution in [0.4, 0.5) is 9.18 Å². The lowest BCUT2D eigenvalue weighted by atomic mass is 10.1. The lowest BCUT2D eigenvalue weighted by Gasteiger charge is -2.13. The van der Waals surface area contributed by atoms with Crippen LogP contribution in [0.15, 0.2) is 48.5 Å². The fourth-order valence-electron chi connectivity index (χ4n) is 2.17. The fourth-order valence-corrected chi connectivity index (χ4v) is 2.17. The summed E-state index contributed by atoms with van der Waals surface area (Å²) in [5.41, 5.74) is 1.49. The van der Waals surface area contributed by atoms with Crippen LogP contribution < -0.4 is 10.6 Å². The molecular formula is C18H18FN3O2. The fraction of sp³-hybridized carbons (Fsp3) is 0.222. The minimum atomic E-state index is -0.704. The normalized spacial score (nSPS) is 11.4. The Balaban J connectivity index is 1.74. The van der Waals surface area contributed by atoms with Gasteiger partial charge in [0, 0.05) is 25.1 Å². The summed E-state index contributed by atoms with van der Waals surface area (Å²) in [7, 11) is 0. The molecule has 0 heterocycles. The van der Waals surface area contributed by atoms with Crippen molar-refractivity contribution >= 4 is 6.03 Å². The number of amides is 2. The molecule has 1 unspecified atom stereocenters. The second kappa shape index (κ2) is 8.65. The van der Waals surface area contributed by atoms with Gasteiger partial charge < -0.3 is 15.7 Å². The molecule has 5 nitrogen and oxygen atoms in total. The standard InChI is InChI=1S/C18H18FN3O2/c19-17-9-14(10-20)6-7-15(17)11-21-18(24)22-12-16(23)8-13-4-2-1-3-5-13/h1-7,9,16,23H,8,11-12H2,(H2,21,22,24). The Labute approximate surface area is 139 Å². The monoisotopic (exact) mass is 327 g/mol. The number of urea groups is 1. The average molecular weight is 327 g/mol. The zero-order chi connectivity index (χ0) is 17.4. The molecule has 1 atom stereocenters. The van der Waals surface area contributed by atoms with Crippen molar-refractivity contribution in [2.75, 3.05) is 6.54 Å². The van der Waals surface area contributed by atoms with Gasteiger partial charge in [0.15, 0.2) is 0 Å². The first-order chi connectivity index (χ1) is 11.6. The minimum absolute atomic E-state index is 0.00183. The lowest BCUT2D eigenvalue weighted by molar-refractivity contribution is 0.170. The third-order valence-corrected chi connectivity index (χ3v) is 3.43. The molecule has 0 aromatic heterocycles. The molecule has 2 aromatic rings. The van der Waals surface area contributed by atoms with E-state index in [4.69, 9.17) is 5.26 Å². The molecule has 0 radical (unpaired) electrons. The minimum Gasteiger partial charge on any atom is -0.391 e. The maximum Gasteiger partial charge on any atom is 0.315 e. The van der Waals surface area contributed by atoms with Crippen molar-refractivity contribution in [2.45, 2.75) is 19.1 Å². The number of hydrogen-bond donors (Lipinski definition) is 3. The smallest absolute Gasteiger partial charge is 0.315 e. The van der Waals surface area contributed by atoms with Gasteiger partial charge in [0.2, 0.25) is 0 Å². The van der Waals surface area contributed by atoms with Crippen molar-refractivity contribution < 1.29 is 14.3 Å². The summed E-state index contributed by atoms with van der Waals surface area (Å²) >= 11 is 0. The van der Waals surface area contributed by atoms with E-state index in [1.165, 1.54) is 12.1 Å². The van der Waals surface area contributed by atoms with Crippen molar-refractivity contribution in [3.05, 3.63) is 71.0 Å². The van der Waals surface area contributed by atoms with Crippen LogP contribution in [-0.4, -0.2) is 23.8 Å². The first-order valence-electron chi connectivity index (χ1n) is 7.50. The van der Waals surface area contributed by atoms with Crippen LogP contribution in [0.2, 0.25) is 0 Å². The average Bonchev–Trinajstić information content (AvgIpc) is 2.59. The van der Waals surface area contributed by atoms with Gasteiger partial charge in [-0.1, -0.05) is 36.4 Å². The van der Waals surface area contributed by atoms with Crippen LogP contribution in [0.3, 0.4) is 0 Å². The highest BCUT2D eigenvalue weighted by atomic mass is 19.1.